The zero-order valence-electron chi connectivity index (χ0n) is 9.03. The standard InChI is InChI=1S/C12H24F/c1-2-3-4-5-6-7-8-9-10-11-12-13/h12H,2-11H2,1H3. The highest BCUT2D eigenvalue weighted by Crippen LogP contribution is 2.10. The van der Waals surface area contributed by atoms with Crippen molar-refractivity contribution in [1.29, 1.82) is 0 Å². The van der Waals surface area contributed by atoms with Gasteiger partial charge in [-0.3, -0.25) is 0 Å². The first kappa shape index (κ1) is 12.9. The van der Waals surface area contributed by atoms with Crippen molar-refractivity contribution in [3.8, 4) is 0 Å². The van der Waals surface area contributed by atoms with Gasteiger partial charge in [0.05, 0.1) is 0 Å². The van der Waals surface area contributed by atoms with E-state index in [1.165, 1.54) is 51.4 Å². The molecule has 0 saturated heterocycles. The Balaban J connectivity index is 2.76. The SMILES string of the molecule is CCCCCCCCCCC[CH]F. The van der Waals surface area contributed by atoms with Crippen LogP contribution in [0.2, 0.25) is 0 Å². The fraction of sp³-hybridized carbons (Fsp3) is 0.917. The van der Waals surface area contributed by atoms with Crippen LogP contribution in [0.5, 0.6) is 0 Å². The van der Waals surface area contributed by atoms with Gasteiger partial charge in [0.15, 0.2) is 0 Å². The Bertz CT molecular complexity index is 71.2. The van der Waals surface area contributed by atoms with E-state index < -0.39 is 0 Å². The lowest BCUT2D eigenvalue weighted by molar-refractivity contribution is 0.524. The van der Waals surface area contributed by atoms with Crippen LogP contribution in [0.15, 0.2) is 0 Å². The molecule has 1 radical (unpaired) electrons. The molecule has 0 rings (SSSR count). The molecule has 13 heavy (non-hydrogen) atoms. The molecule has 1 heteroatoms. The quantitative estimate of drug-likeness (QED) is 0.420. The summed E-state index contributed by atoms with van der Waals surface area (Å²) in [6, 6.07) is 0. The summed E-state index contributed by atoms with van der Waals surface area (Å²) in [7, 11) is 0. The molecule has 0 saturated carbocycles. The van der Waals surface area contributed by atoms with E-state index in [9.17, 15) is 4.39 Å². The van der Waals surface area contributed by atoms with E-state index in [0.29, 0.717) is 6.42 Å². The number of hydrogen-bond acceptors (Lipinski definition) is 0. The lowest BCUT2D eigenvalue weighted by Gasteiger charge is -2.00. The summed E-state index contributed by atoms with van der Waals surface area (Å²) in [6.07, 6.45) is 12.4. The molecule has 0 aliphatic rings. The molecular weight excluding hydrogens is 163 g/mol. The van der Waals surface area contributed by atoms with E-state index in [1.807, 2.05) is 0 Å². The average Bonchev–Trinajstić information content (AvgIpc) is 2.16. The molecule has 0 N–H and O–H groups in total. The molecule has 0 bridgehead atoms. The Kier molecular flexibility index (Phi) is 11.9. The average molecular weight is 187 g/mol. The van der Waals surface area contributed by atoms with E-state index in [2.05, 4.69) is 6.92 Å². The van der Waals surface area contributed by atoms with Crippen molar-refractivity contribution in [1.82, 2.24) is 0 Å². The molecule has 0 aliphatic carbocycles. The Morgan fingerprint density at radius 3 is 1.69 bits per heavy atom. The van der Waals surface area contributed by atoms with Crippen LogP contribution in [0.25, 0.3) is 0 Å². The van der Waals surface area contributed by atoms with E-state index in [1.54, 1.807) is 0 Å². The molecular formula is C12H24F. The molecule has 0 nitrogen and oxygen atoms in total. The second kappa shape index (κ2) is 11.9. The van der Waals surface area contributed by atoms with Crippen LogP contribution in [-0.2, 0) is 0 Å². The maximum Gasteiger partial charge on any atom is 0.131 e. The van der Waals surface area contributed by atoms with E-state index >= 15 is 0 Å². The van der Waals surface area contributed by atoms with Gasteiger partial charge in [0, 0.05) is 0 Å². The maximum atomic E-state index is 11.6. The first-order valence-corrected chi connectivity index (χ1v) is 5.83. The molecule has 79 valence electrons. The molecule has 0 aromatic rings. The van der Waals surface area contributed by atoms with Gasteiger partial charge in [-0.1, -0.05) is 64.7 Å². The van der Waals surface area contributed by atoms with Crippen molar-refractivity contribution in [3.05, 3.63) is 6.67 Å². The summed E-state index contributed by atoms with van der Waals surface area (Å²) in [4.78, 5) is 0. The number of rotatable bonds is 10. The third-order valence-corrected chi connectivity index (χ3v) is 2.42. The molecule has 0 atom stereocenters. The Morgan fingerprint density at radius 1 is 0.769 bits per heavy atom. The van der Waals surface area contributed by atoms with Gasteiger partial charge in [-0.15, -0.1) is 0 Å². The minimum atomic E-state index is 0.649. The fourth-order valence-electron chi connectivity index (χ4n) is 1.53. The molecule has 0 unspecified atom stereocenters. The summed E-state index contributed by atoms with van der Waals surface area (Å²) in [5, 5.41) is 0. The predicted molar refractivity (Wildman–Crippen MR) is 57.3 cm³/mol. The van der Waals surface area contributed by atoms with Crippen molar-refractivity contribution in [2.24, 2.45) is 0 Å². The third-order valence-electron chi connectivity index (χ3n) is 2.42. The zero-order chi connectivity index (χ0) is 9.78. The predicted octanol–water partition coefficient (Wildman–Crippen LogP) is 5.04. The van der Waals surface area contributed by atoms with Crippen molar-refractivity contribution < 1.29 is 4.39 Å². The van der Waals surface area contributed by atoms with Crippen LogP contribution in [0.3, 0.4) is 0 Å². The van der Waals surface area contributed by atoms with Gasteiger partial charge in [0.1, 0.15) is 6.67 Å². The minimum Gasteiger partial charge on any atom is -0.244 e. The van der Waals surface area contributed by atoms with E-state index in [-0.39, 0.29) is 0 Å². The molecule has 0 spiro atoms. The van der Waals surface area contributed by atoms with Gasteiger partial charge in [-0.25, -0.2) is 4.39 Å². The van der Waals surface area contributed by atoms with Crippen LogP contribution in [-0.4, -0.2) is 0 Å². The summed E-state index contributed by atoms with van der Waals surface area (Å²) < 4.78 is 11.6. The van der Waals surface area contributed by atoms with Gasteiger partial charge in [-0.2, -0.15) is 0 Å². The molecule has 0 fully saturated rings. The first-order chi connectivity index (χ1) is 6.41. The van der Waals surface area contributed by atoms with Crippen LogP contribution in [0.1, 0.15) is 71.1 Å². The normalized spacial score (nSPS) is 10.6. The van der Waals surface area contributed by atoms with Crippen LogP contribution < -0.4 is 0 Å². The largest absolute Gasteiger partial charge is 0.244 e. The van der Waals surface area contributed by atoms with Crippen molar-refractivity contribution in [3.63, 3.8) is 0 Å². The van der Waals surface area contributed by atoms with Crippen LogP contribution >= 0.6 is 0 Å². The van der Waals surface area contributed by atoms with Gasteiger partial charge < -0.3 is 0 Å². The second-order valence-electron chi connectivity index (χ2n) is 3.77. The number of halogens is 1. The maximum absolute atomic E-state index is 11.6. The lowest BCUT2D eigenvalue weighted by atomic mass is 10.1. The zero-order valence-corrected chi connectivity index (χ0v) is 9.03. The smallest absolute Gasteiger partial charge is 0.131 e. The topological polar surface area (TPSA) is 0 Å². The van der Waals surface area contributed by atoms with Gasteiger partial charge in [0.25, 0.3) is 0 Å². The second-order valence-corrected chi connectivity index (χ2v) is 3.77. The Hall–Kier alpha value is -0.0700. The Labute approximate surface area is 82.9 Å². The molecule has 0 aliphatic heterocycles. The van der Waals surface area contributed by atoms with Gasteiger partial charge >= 0.3 is 0 Å². The van der Waals surface area contributed by atoms with E-state index in [4.69, 9.17) is 0 Å². The van der Waals surface area contributed by atoms with E-state index in [0.717, 1.165) is 13.1 Å². The molecule has 0 amide bonds. The Morgan fingerprint density at radius 2 is 1.23 bits per heavy atom. The summed E-state index contributed by atoms with van der Waals surface area (Å²) in [5.74, 6) is 0. The third kappa shape index (κ3) is 11.9. The molecule has 0 heterocycles. The fourth-order valence-corrected chi connectivity index (χ4v) is 1.53. The number of hydrogen-bond donors (Lipinski definition) is 0. The van der Waals surface area contributed by atoms with Crippen LogP contribution in [0.4, 0.5) is 4.39 Å². The van der Waals surface area contributed by atoms with Crippen molar-refractivity contribution in [2.75, 3.05) is 0 Å². The summed E-state index contributed by atoms with van der Waals surface area (Å²) in [6.45, 7) is 3.02. The first-order valence-electron chi connectivity index (χ1n) is 5.83. The molecule has 0 aromatic heterocycles. The number of unbranched alkanes of at least 4 members (excludes halogenated alkanes) is 9. The van der Waals surface area contributed by atoms with Crippen molar-refractivity contribution in [2.45, 2.75) is 71.1 Å². The van der Waals surface area contributed by atoms with Gasteiger partial charge in [0.2, 0.25) is 0 Å². The van der Waals surface area contributed by atoms with Crippen LogP contribution in [0, 0.1) is 6.67 Å². The highest BCUT2D eigenvalue weighted by molar-refractivity contribution is 4.50. The minimum absolute atomic E-state index is 0.649. The molecule has 0 aromatic carbocycles. The summed E-state index contributed by atoms with van der Waals surface area (Å²) in [5.41, 5.74) is 0. The lowest BCUT2D eigenvalue weighted by Crippen LogP contribution is -1.80. The highest BCUT2D eigenvalue weighted by Gasteiger charge is 1.91. The highest BCUT2D eigenvalue weighted by atomic mass is 19.1. The monoisotopic (exact) mass is 187 g/mol. The summed E-state index contributed by atoms with van der Waals surface area (Å²) >= 11 is 0. The van der Waals surface area contributed by atoms with Crippen molar-refractivity contribution >= 4 is 0 Å². The van der Waals surface area contributed by atoms with Gasteiger partial charge in [-0.05, 0) is 6.42 Å².